The first-order valence-corrected chi connectivity index (χ1v) is 10.2. The van der Waals surface area contributed by atoms with Crippen molar-refractivity contribution in [1.29, 1.82) is 0 Å². The highest BCUT2D eigenvalue weighted by Crippen LogP contribution is 2.08. The van der Waals surface area contributed by atoms with E-state index in [0.717, 1.165) is 38.9 Å². The molecule has 0 aromatic carbocycles. The lowest BCUT2D eigenvalue weighted by Crippen LogP contribution is -2.33. The number of amides is 1. The minimum atomic E-state index is 0.143. The Hall–Kier alpha value is -1.53. The van der Waals surface area contributed by atoms with Crippen LogP contribution in [0.3, 0.4) is 0 Å². The van der Waals surface area contributed by atoms with E-state index >= 15 is 0 Å². The Labute approximate surface area is 162 Å². The van der Waals surface area contributed by atoms with E-state index in [9.17, 15) is 4.79 Å². The zero-order valence-electron chi connectivity index (χ0n) is 17.4. The molecule has 0 N–H and O–H groups in total. The van der Waals surface area contributed by atoms with Crippen LogP contribution in [0.1, 0.15) is 71.1 Å². The van der Waals surface area contributed by atoms with Crippen molar-refractivity contribution in [2.75, 3.05) is 33.7 Å². The lowest BCUT2D eigenvalue weighted by molar-refractivity contribution is -0.127. The largest absolute Gasteiger partial charge is 0.345 e. The summed E-state index contributed by atoms with van der Waals surface area (Å²) in [7, 11) is 4.01. The van der Waals surface area contributed by atoms with Crippen molar-refractivity contribution in [3.05, 3.63) is 24.8 Å². The highest BCUT2D eigenvalue weighted by Gasteiger charge is 2.04. The molecule has 0 saturated carbocycles. The highest BCUT2D eigenvalue weighted by molar-refractivity contribution is 5.72. The topological polar surface area (TPSA) is 23.6 Å². The molecule has 0 bridgehead atoms. The van der Waals surface area contributed by atoms with Crippen LogP contribution in [0.5, 0.6) is 0 Å². The minimum Gasteiger partial charge on any atom is -0.345 e. The fraction of sp³-hybridized carbons (Fsp3) is 0.696. The summed E-state index contributed by atoms with van der Waals surface area (Å²) in [6.07, 6.45) is 18.2. The number of hydrogen-bond donors (Lipinski definition) is 0. The third-order valence-corrected chi connectivity index (χ3v) is 4.54. The van der Waals surface area contributed by atoms with Crippen LogP contribution >= 0.6 is 0 Å². The van der Waals surface area contributed by atoms with Gasteiger partial charge >= 0.3 is 0 Å². The van der Waals surface area contributed by atoms with Gasteiger partial charge in [0.05, 0.1) is 0 Å². The third kappa shape index (κ3) is 17.3. The normalized spacial score (nSPS) is 10.8. The Kier molecular flexibility index (Phi) is 17.2. The fourth-order valence-corrected chi connectivity index (χ4v) is 2.56. The fourth-order valence-electron chi connectivity index (χ4n) is 2.56. The molecular weight excluding hydrogens is 320 g/mol. The number of allylic oxidation sites excluding steroid dienone is 3. The molecule has 0 saturated heterocycles. The molecule has 0 radical (unpaired) electrons. The third-order valence-electron chi connectivity index (χ3n) is 4.54. The van der Waals surface area contributed by atoms with Crippen molar-refractivity contribution in [3.63, 3.8) is 0 Å². The standard InChI is InChI=1S/C23H40N2O/c1-5-6-7-8-9-10-11-12-13-14-15-16-17-18-19-20-24(3)21-22-25(4)23(2)26/h5,8-9H,1,6-7,12-22H2,2-4H3/b9-8-. The maximum atomic E-state index is 11.2. The van der Waals surface area contributed by atoms with Gasteiger partial charge in [0.15, 0.2) is 0 Å². The average molecular weight is 361 g/mol. The zero-order valence-corrected chi connectivity index (χ0v) is 17.4. The van der Waals surface area contributed by atoms with Crippen LogP contribution in [-0.4, -0.2) is 49.4 Å². The number of carbonyl (C=O) groups is 1. The number of carbonyl (C=O) groups excluding carboxylic acids is 1. The molecule has 0 heterocycles. The van der Waals surface area contributed by atoms with Crippen molar-refractivity contribution in [3.8, 4) is 11.8 Å². The van der Waals surface area contributed by atoms with E-state index < -0.39 is 0 Å². The molecule has 148 valence electrons. The molecule has 0 spiro atoms. The SMILES string of the molecule is C=CCC/C=C\C#CCCCCCCCCCN(C)CCN(C)C(C)=O. The summed E-state index contributed by atoms with van der Waals surface area (Å²) in [4.78, 5) is 15.3. The van der Waals surface area contributed by atoms with E-state index in [2.05, 4.69) is 36.4 Å². The van der Waals surface area contributed by atoms with Gasteiger partial charge in [0, 0.05) is 33.5 Å². The Balaban J connectivity index is 3.36. The molecule has 0 aromatic rings. The second-order valence-electron chi connectivity index (χ2n) is 7.06. The molecule has 0 unspecified atom stereocenters. The van der Waals surface area contributed by atoms with E-state index in [1.807, 2.05) is 19.2 Å². The second kappa shape index (κ2) is 18.3. The van der Waals surface area contributed by atoms with Crippen molar-refractivity contribution in [1.82, 2.24) is 9.80 Å². The van der Waals surface area contributed by atoms with E-state index in [4.69, 9.17) is 0 Å². The van der Waals surface area contributed by atoms with Gasteiger partial charge in [-0.15, -0.1) is 6.58 Å². The maximum absolute atomic E-state index is 11.2. The summed E-state index contributed by atoms with van der Waals surface area (Å²) in [6, 6.07) is 0. The number of hydrogen-bond acceptors (Lipinski definition) is 2. The van der Waals surface area contributed by atoms with Crippen molar-refractivity contribution in [2.24, 2.45) is 0 Å². The van der Waals surface area contributed by atoms with Gasteiger partial charge in [0.25, 0.3) is 0 Å². The van der Waals surface area contributed by atoms with Crippen molar-refractivity contribution in [2.45, 2.75) is 71.1 Å². The van der Waals surface area contributed by atoms with Crippen LogP contribution in [-0.2, 0) is 4.79 Å². The van der Waals surface area contributed by atoms with Crippen LogP contribution in [0.4, 0.5) is 0 Å². The molecule has 3 nitrogen and oxygen atoms in total. The summed E-state index contributed by atoms with van der Waals surface area (Å²) in [5.41, 5.74) is 0. The van der Waals surface area contributed by atoms with Gasteiger partial charge in [-0.25, -0.2) is 0 Å². The van der Waals surface area contributed by atoms with Crippen molar-refractivity contribution >= 4 is 5.91 Å². The smallest absolute Gasteiger partial charge is 0.219 e. The molecule has 0 aliphatic rings. The van der Waals surface area contributed by atoms with E-state index in [1.54, 1.807) is 11.8 Å². The molecule has 0 aromatic heterocycles. The van der Waals surface area contributed by atoms with Gasteiger partial charge in [0.2, 0.25) is 5.91 Å². The van der Waals surface area contributed by atoms with Crippen molar-refractivity contribution < 1.29 is 4.79 Å². The summed E-state index contributed by atoms with van der Waals surface area (Å²) >= 11 is 0. The van der Waals surface area contributed by atoms with E-state index in [0.29, 0.717) is 0 Å². The molecule has 0 atom stereocenters. The quantitative estimate of drug-likeness (QED) is 0.232. The Bertz CT molecular complexity index is 445. The minimum absolute atomic E-state index is 0.143. The zero-order chi connectivity index (χ0) is 19.5. The molecule has 0 aliphatic heterocycles. The predicted molar refractivity (Wildman–Crippen MR) is 114 cm³/mol. The van der Waals surface area contributed by atoms with Crippen LogP contribution in [0.25, 0.3) is 0 Å². The maximum Gasteiger partial charge on any atom is 0.219 e. The van der Waals surface area contributed by atoms with E-state index in [-0.39, 0.29) is 5.91 Å². The Morgan fingerprint density at radius 2 is 1.58 bits per heavy atom. The van der Waals surface area contributed by atoms with Gasteiger partial charge in [-0.05, 0) is 45.4 Å². The first-order valence-electron chi connectivity index (χ1n) is 10.2. The van der Waals surface area contributed by atoms with Gasteiger partial charge in [-0.2, -0.15) is 0 Å². The highest BCUT2D eigenvalue weighted by atomic mass is 16.2. The number of unbranched alkanes of at least 4 members (excludes halogenated alkanes) is 8. The Morgan fingerprint density at radius 3 is 2.23 bits per heavy atom. The summed E-state index contributed by atoms with van der Waals surface area (Å²) < 4.78 is 0. The molecule has 0 fully saturated rings. The van der Waals surface area contributed by atoms with Gasteiger partial charge < -0.3 is 9.80 Å². The number of likely N-dealkylation sites (N-methyl/N-ethyl adjacent to an activating group) is 2. The predicted octanol–water partition coefficient (Wildman–Crippen LogP) is 5.04. The molecule has 26 heavy (non-hydrogen) atoms. The van der Waals surface area contributed by atoms with Crippen LogP contribution in [0, 0.1) is 11.8 Å². The summed E-state index contributed by atoms with van der Waals surface area (Å²) in [5, 5.41) is 0. The lowest BCUT2D eigenvalue weighted by Gasteiger charge is -2.21. The molecule has 3 heteroatoms. The number of rotatable bonds is 15. The summed E-state index contributed by atoms with van der Waals surface area (Å²) in [5.74, 6) is 6.47. The van der Waals surface area contributed by atoms with Gasteiger partial charge in [0.1, 0.15) is 0 Å². The van der Waals surface area contributed by atoms with Crippen LogP contribution in [0.15, 0.2) is 24.8 Å². The second-order valence-corrected chi connectivity index (χ2v) is 7.06. The monoisotopic (exact) mass is 360 g/mol. The van der Waals surface area contributed by atoms with E-state index in [1.165, 1.54) is 44.9 Å². The average Bonchev–Trinajstić information content (AvgIpc) is 2.62. The number of nitrogens with zero attached hydrogens (tertiary/aromatic N) is 2. The van der Waals surface area contributed by atoms with Crippen LogP contribution < -0.4 is 0 Å². The summed E-state index contributed by atoms with van der Waals surface area (Å²) in [6.45, 7) is 8.23. The van der Waals surface area contributed by atoms with Gasteiger partial charge in [-0.1, -0.05) is 56.1 Å². The molecule has 1 amide bonds. The first-order chi connectivity index (χ1) is 12.6. The van der Waals surface area contributed by atoms with Gasteiger partial charge in [-0.3, -0.25) is 4.79 Å². The molecular formula is C23H40N2O. The lowest BCUT2D eigenvalue weighted by atomic mass is 10.1. The molecule has 0 rings (SSSR count). The van der Waals surface area contributed by atoms with Crippen LogP contribution in [0.2, 0.25) is 0 Å². The first kappa shape index (κ1) is 24.5. The molecule has 0 aliphatic carbocycles. The Morgan fingerprint density at radius 1 is 0.923 bits per heavy atom.